The topological polar surface area (TPSA) is 95.4 Å². The molecule has 0 unspecified atom stereocenters. The second kappa shape index (κ2) is 7.72. The van der Waals surface area contributed by atoms with Crippen LogP contribution in [0.3, 0.4) is 0 Å². The lowest BCUT2D eigenvalue weighted by Gasteiger charge is -2.16. The molecule has 1 atom stereocenters. The molecule has 1 saturated heterocycles. The molecule has 2 N–H and O–H groups in total. The second-order valence-electron chi connectivity index (χ2n) is 5.44. The molecule has 1 fully saturated rings. The standard InChI is InChI=1S/C15H22N4O3/c1-2-3-6-12(14(21)22)17-13(20)11-7-8-16-15(18-11)19-9-4-5-10-19/h7-8,12H,2-6,9-10H2,1H3,(H,17,20)(H,21,22)/t12-/m0/s1. The van der Waals surface area contributed by atoms with Crippen molar-refractivity contribution >= 4 is 17.8 Å². The Bertz CT molecular complexity index is 529. The summed E-state index contributed by atoms with van der Waals surface area (Å²) in [5.74, 6) is -0.951. The Balaban J connectivity index is 2.04. The summed E-state index contributed by atoms with van der Waals surface area (Å²) in [6.07, 6.45) is 5.78. The number of hydrogen-bond donors (Lipinski definition) is 2. The summed E-state index contributed by atoms with van der Waals surface area (Å²) in [6, 6.07) is 0.630. The molecule has 1 aromatic rings. The number of carbonyl (C=O) groups excluding carboxylic acids is 1. The van der Waals surface area contributed by atoms with Crippen LogP contribution in [0.4, 0.5) is 5.95 Å². The molecular weight excluding hydrogens is 284 g/mol. The molecule has 1 aliphatic rings. The maximum atomic E-state index is 12.2. The average molecular weight is 306 g/mol. The molecular formula is C15H22N4O3. The lowest BCUT2D eigenvalue weighted by molar-refractivity contribution is -0.139. The molecule has 2 rings (SSSR count). The molecule has 0 aromatic carbocycles. The van der Waals surface area contributed by atoms with Crippen molar-refractivity contribution in [1.29, 1.82) is 0 Å². The molecule has 0 radical (unpaired) electrons. The quantitative estimate of drug-likeness (QED) is 0.791. The van der Waals surface area contributed by atoms with Crippen molar-refractivity contribution in [2.24, 2.45) is 0 Å². The lowest BCUT2D eigenvalue weighted by Crippen LogP contribution is -2.41. The van der Waals surface area contributed by atoms with E-state index in [4.69, 9.17) is 5.11 Å². The molecule has 1 amide bonds. The van der Waals surface area contributed by atoms with Crippen molar-refractivity contribution < 1.29 is 14.7 Å². The molecule has 0 spiro atoms. The number of nitrogens with zero attached hydrogens (tertiary/aromatic N) is 3. The van der Waals surface area contributed by atoms with E-state index in [0.29, 0.717) is 12.4 Å². The Labute approximate surface area is 129 Å². The number of unbranched alkanes of at least 4 members (excludes halogenated alkanes) is 1. The minimum Gasteiger partial charge on any atom is -0.480 e. The van der Waals surface area contributed by atoms with Crippen LogP contribution in [0.2, 0.25) is 0 Å². The van der Waals surface area contributed by atoms with Crippen LogP contribution in [-0.2, 0) is 4.79 Å². The normalized spacial score (nSPS) is 15.6. The van der Waals surface area contributed by atoms with Crippen molar-refractivity contribution in [3.8, 4) is 0 Å². The highest BCUT2D eigenvalue weighted by atomic mass is 16.4. The van der Waals surface area contributed by atoms with E-state index in [-0.39, 0.29) is 5.69 Å². The molecule has 2 heterocycles. The zero-order valence-electron chi connectivity index (χ0n) is 12.8. The minimum atomic E-state index is -1.02. The molecule has 0 aliphatic carbocycles. The highest BCUT2D eigenvalue weighted by Crippen LogP contribution is 2.15. The molecule has 0 saturated carbocycles. The lowest BCUT2D eigenvalue weighted by atomic mass is 10.1. The highest BCUT2D eigenvalue weighted by Gasteiger charge is 2.22. The van der Waals surface area contributed by atoms with Crippen molar-refractivity contribution in [2.75, 3.05) is 18.0 Å². The predicted molar refractivity (Wildman–Crippen MR) is 81.9 cm³/mol. The van der Waals surface area contributed by atoms with Gasteiger partial charge in [0.05, 0.1) is 0 Å². The van der Waals surface area contributed by atoms with Gasteiger partial charge in [0, 0.05) is 19.3 Å². The number of carboxylic acid groups (broad SMARTS) is 1. The van der Waals surface area contributed by atoms with Gasteiger partial charge < -0.3 is 15.3 Å². The van der Waals surface area contributed by atoms with Crippen LogP contribution >= 0.6 is 0 Å². The Morgan fingerprint density at radius 3 is 2.77 bits per heavy atom. The van der Waals surface area contributed by atoms with E-state index in [1.165, 1.54) is 12.3 Å². The van der Waals surface area contributed by atoms with Crippen molar-refractivity contribution in [3.63, 3.8) is 0 Å². The van der Waals surface area contributed by atoms with Gasteiger partial charge in [0.15, 0.2) is 0 Å². The highest BCUT2D eigenvalue weighted by molar-refractivity contribution is 5.95. The summed E-state index contributed by atoms with van der Waals surface area (Å²) in [4.78, 5) is 33.9. The Hall–Kier alpha value is -2.18. The summed E-state index contributed by atoms with van der Waals surface area (Å²) in [6.45, 7) is 3.76. The summed E-state index contributed by atoms with van der Waals surface area (Å²) in [5.41, 5.74) is 0.208. The monoisotopic (exact) mass is 306 g/mol. The van der Waals surface area contributed by atoms with Crippen LogP contribution in [-0.4, -0.2) is 46.1 Å². The number of anilines is 1. The summed E-state index contributed by atoms with van der Waals surface area (Å²) in [7, 11) is 0. The summed E-state index contributed by atoms with van der Waals surface area (Å²) in [5, 5.41) is 11.7. The average Bonchev–Trinajstić information content (AvgIpc) is 3.05. The third kappa shape index (κ3) is 4.16. The van der Waals surface area contributed by atoms with E-state index >= 15 is 0 Å². The fourth-order valence-electron chi connectivity index (χ4n) is 2.44. The number of carbonyl (C=O) groups is 2. The molecule has 1 aromatic heterocycles. The van der Waals surface area contributed by atoms with Crippen LogP contribution in [0.25, 0.3) is 0 Å². The van der Waals surface area contributed by atoms with E-state index in [9.17, 15) is 9.59 Å². The van der Waals surface area contributed by atoms with E-state index in [1.54, 1.807) is 0 Å². The zero-order chi connectivity index (χ0) is 15.9. The van der Waals surface area contributed by atoms with Gasteiger partial charge in [0.25, 0.3) is 5.91 Å². The van der Waals surface area contributed by atoms with E-state index in [2.05, 4.69) is 15.3 Å². The number of aromatic nitrogens is 2. The van der Waals surface area contributed by atoms with Crippen LogP contribution < -0.4 is 10.2 Å². The number of aliphatic carboxylic acids is 1. The molecule has 1 aliphatic heterocycles. The fraction of sp³-hybridized carbons (Fsp3) is 0.600. The molecule has 0 bridgehead atoms. The summed E-state index contributed by atoms with van der Waals surface area (Å²) >= 11 is 0. The molecule has 22 heavy (non-hydrogen) atoms. The first-order valence-electron chi connectivity index (χ1n) is 7.73. The van der Waals surface area contributed by atoms with Crippen LogP contribution in [0.1, 0.15) is 49.5 Å². The van der Waals surface area contributed by atoms with Gasteiger partial charge in [-0.3, -0.25) is 4.79 Å². The van der Waals surface area contributed by atoms with Crippen molar-refractivity contribution in [2.45, 2.75) is 45.1 Å². The van der Waals surface area contributed by atoms with Gasteiger partial charge in [-0.2, -0.15) is 0 Å². The third-order valence-electron chi connectivity index (χ3n) is 3.71. The van der Waals surface area contributed by atoms with Gasteiger partial charge in [-0.05, 0) is 25.3 Å². The number of hydrogen-bond acceptors (Lipinski definition) is 5. The van der Waals surface area contributed by atoms with Crippen molar-refractivity contribution in [3.05, 3.63) is 18.0 Å². The van der Waals surface area contributed by atoms with Gasteiger partial charge in [-0.25, -0.2) is 14.8 Å². The largest absolute Gasteiger partial charge is 0.480 e. The Kier molecular flexibility index (Phi) is 5.68. The summed E-state index contributed by atoms with van der Waals surface area (Å²) < 4.78 is 0. The van der Waals surface area contributed by atoms with Gasteiger partial charge in [0.2, 0.25) is 5.95 Å². The molecule has 120 valence electrons. The number of carboxylic acids is 1. The predicted octanol–water partition coefficient (Wildman–Crippen LogP) is 1.45. The number of rotatable bonds is 7. The van der Waals surface area contributed by atoms with Gasteiger partial charge in [-0.1, -0.05) is 19.8 Å². The Morgan fingerprint density at radius 1 is 1.41 bits per heavy atom. The van der Waals surface area contributed by atoms with Crippen LogP contribution in [0.15, 0.2) is 12.3 Å². The molecule has 7 heteroatoms. The zero-order valence-corrected chi connectivity index (χ0v) is 12.8. The fourth-order valence-corrected chi connectivity index (χ4v) is 2.44. The smallest absolute Gasteiger partial charge is 0.326 e. The van der Waals surface area contributed by atoms with Gasteiger partial charge in [0.1, 0.15) is 11.7 Å². The first-order valence-corrected chi connectivity index (χ1v) is 7.73. The van der Waals surface area contributed by atoms with E-state index < -0.39 is 17.9 Å². The minimum absolute atomic E-state index is 0.208. The SMILES string of the molecule is CCCC[C@H](NC(=O)c1ccnc(N2CCCC2)n1)C(=O)O. The van der Waals surface area contributed by atoms with Crippen LogP contribution in [0, 0.1) is 0 Å². The van der Waals surface area contributed by atoms with E-state index in [0.717, 1.165) is 38.8 Å². The first-order chi connectivity index (χ1) is 10.6. The maximum absolute atomic E-state index is 12.2. The number of nitrogens with one attached hydrogen (secondary N) is 1. The first kappa shape index (κ1) is 16.2. The van der Waals surface area contributed by atoms with Crippen LogP contribution in [0.5, 0.6) is 0 Å². The van der Waals surface area contributed by atoms with Gasteiger partial charge >= 0.3 is 5.97 Å². The number of amides is 1. The second-order valence-corrected chi connectivity index (χ2v) is 5.44. The molecule has 7 nitrogen and oxygen atoms in total. The van der Waals surface area contributed by atoms with Gasteiger partial charge in [-0.15, -0.1) is 0 Å². The van der Waals surface area contributed by atoms with Crippen molar-refractivity contribution in [1.82, 2.24) is 15.3 Å². The maximum Gasteiger partial charge on any atom is 0.326 e. The van der Waals surface area contributed by atoms with E-state index in [1.807, 2.05) is 11.8 Å². The third-order valence-corrected chi connectivity index (χ3v) is 3.71. The Morgan fingerprint density at radius 2 is 2.14 bits per heavy atom.